The predicted molar refractivity (Wildman–Crippen MR) is 213 cm³/mol. The summed E-state index contributed by atoms with van der Waals surface area (Å²) in [6.07, 6.45) is -0.800. The van der Waals surface area contributed by atoms with E-state index in [4.69, 9.17) is 28.4 Å². The summed E-state index contributed by atoms with van der Waals surface area (Å²) in [5.41, 5.74) is -2.06. The molecular weight excluding hydrogens is 716 g/mol. The summed E-state index contributed by atoms with van der Waals surface area (Å²) in [6.45, 7) is 15.4. The van der Waals surface area contributed by atoms with Crippen LogP contribution < -0.4 is 4.74 Å². The quantitative estimate of drug-likeness (QED) is 0.208. The van der Waals surface area contributed by atoms with Crippen LogP contribution in [0.3, 0.4) is 0 Å². The van der Waals surface area contributed by atoms with Gasteiger partial charge in [-0.1, -0.05) is 64.1 Å². The minimum atomic E-state index is -1.32. The molecule has 12 heteroatoms. The van der Waals surface area contributed by atoms with Gasteiger partial charge in [-0.05, 0) is 90.4 Å². The standard InChI is InChI=1S/C44H64N2O10/c1-12-35-44(8)38(46(42(50)56-44)20-15-21-52-33-19-18-31-16-13-14-17-32(31)24-33)30(6)36(47)28(4)25-43(7,51-11)39(26(2)22-27(3)40(49)54-35)55-41-37(48)34(45(9)10)23-29(5)53-41/h13-14,16-19,22,24,26,28-30,34-35,37-39,41,48H,12,15,20-21,23,25H2,1-11H3/b27-22+/t26-,28+,29+,30-,34-,35+,37+,38+,39+,41-,43+,44+/m0/s1. The average Bonchev–Trinajstić information content (AvgIpc) is 3.42. The van der Waals surface area contributed by atoms with E-state index in [0.29, 0.717) is 31.4 Å². The van der Waals surface area contributed by atoms with E-state index in [0.717, 1.165) is 16.5 Å². The molecule has 0 bridgehead atoms. The molecule has 0 spiro atoms. The number of ether oxygens (including phenoxy) is 6. The highest BCUT2D eigenvalue weighted by molar-refractivity contribution is 5.88. The molecule has 1 N–H and O–H groups in total. The number of Topliss-reactive ketones (excluding diaryl/α,β-unsaturated/α-hetero) is 1. The Hall–Kier alpha value is -3.55. The maximum absolute atomic E-state index is 14.7. The number of fused-ring (bicyclic) bond motifs is 2. The summed E-state index contributed by atoms with van der Waals surface area (Å²) in [5, 5.41) is 13.6. The first-order chi connectivity index (χ1) is 26.4. The van der Waals surface area contributed by atoms with Crippen LogP contribution in [0.5, 0.6) is 5.75 Å². The van der Waals surface area contributed by atoms with Crippen LogP contribution in [0.4, 0.5) is 4.79 Å². The second-order valence-electron chi connectivity index (χ2n) is 16.9. The molecule has 310 valence electrons. The normalized spacial score (nSPS) is 37.1. The molecule has 3 aliphatic heterocycles. The van der Waals surface area contributed by atoms with Crippen molar-refractivity contribution in [2.75, 3.05) is 34.4 Å². The Labute approximate surface area is 332 Å². The topological polar surface area (TPSA) is 133 Å². The van der Waals surface area contributed by atoms with Crippen molar-refractivity contribution in [2.45, 2.75) is 135 Å². The van der Waals surface area contributed by atoms with E-state index in [-0.39, 0.29) is 30.9 Å². The van der Waals surface area contributed by atoms with Crippen molar-refractivity contribution in [1.29, 1.82) is 0 Å². The number of hydrogen-bond acceptors (Lipinski definition) is 11. The van der Waals surface area contributed by atoms with Crippen LogP contribution in [0.25, 0.3) is 10.8 Å². The van der Waals surface area contributed by atoms with Gasteiger partial charge in [-0.2, -0.15) is 0 Å². The van der Waals surface area contributed by atoms with E-state index < -0.39 is 71.7 Å². The molecule has 5 rings (SSSR count). The number of amides is 1. The van der Waals surface area contributed by atoms with Crippen molar-refractivity contribution in [1.82, 2.24) is 9.80 Å². The van der Waals surface area contributed by atoms with Crippen LogP contribution in [-0.4, -0.2) is 121 Å². The zero-order valence-electron chi connectivity index (χ0n) is 35.2. The summed E-state index contributed by atoms with van der Waals surface area (Å²) in [4.78, 5) is 45.9. The lowest BCUT2D eigenvalue weighted by molar-refractivity contribution is -0.294. The number of aliphatic hydroxyl groups is 1. The molecule has 2 aromatic rings. The molecule has 2 aromatic carbocycles. The Morgan fingerprint density at radius 2 is 1.71 bits per heavy atom. The van der Waals surface area contributed by atoms with Gasteiger partial charge in [0.2, 0.25) is 0 Å². The van der Waals surface area contributed by atoms with Crippen molar-refractivity contribution in [3.63, 3.8) is 0 Å². The highest BCUT2D eigenvalue weighted by atomic mass is 16.7. The number of esters is 1. The Bertz CT molecular complexity index is 1730. The third kappa shape index (κ3) is 9.10. The molecule has 0 aromatic heterocycles. The largest absolute Gasteiger partial charge is 0.494 e. The first-order valence-electron chi connectivity index (χ1n) is 20.2. The van der Waals surface area contributed by atoms with Gasteiger partial charge in [0, 0.05) is 43.0 Å². The smallest absolute Gasteiger partial charge is 0.410 e. The lowest BCUT2D eigenvalue weighted by Gasteiger charge is -2.47. The third-order valence-corrected chi connectivity index (χ3v) is 12.3. The van der Waals surface area contributed by atoms with Crippen molar-refractivity contribution < 1.29 is 47.9 Å². The molecule has 0 saturated carbocycles. The second kappa shape index (κ2) is 17.9. The van der Waals surface area contributed by atoms with Gasteiger partial charge < -0.3 is 43.3 Å². The van der Waals surface area contributed by atoms with Crippen molar-refractivity contribution in [3.05, 3.63) is 54.1 Å². The lowest BCUT2D eigenvalue weighted by atomic mass is 9.74. The van der Waals surface area contributed by atoms with E-state index in [2.05, 4.69) is 0 Å². The molecule has 1 amide bonds. The van der Waals surface area contributed by atoms with Gasteiger partial charge in [-0.15, -0.1) is 0 Å². The zero-order valence-corrected chi connectivity index (χ0v) is 35.2. The summed E-state index contributed by atoms with van der Waals surface area (Å²) in [7, 11) is 5.41. The van der Waals surface area contributed by atoms with Crippen LogP contribution in [0.15, 0.2) is 54.1 Å². The molecule has 2 fully saturated rings. The summed E-state index contributed by atoms with van der Waals surface area (Å²) >= 11 is 0. The number of benzene rings is 2. The number of nitrogens with zero attached hydrogens (tertiary/aromatic N) is 2. The number of carbonyl (C=O) groups is 3. The van der Waals surface area contributed by atoms with Gasteiger partial charge in [-0.25, -0.2) is 9.59 Å². The monoisotopic (exact) mass is 780 g/mol. The van der Waals surface area contributed by atoms with Crippen LogP contribution in [-0.2, 0) is 33.3 Å². The first-order valence-corrected chi connectivity index (χ1v) is 20.2. The van der Waals surface area contributed by atoms with Crippen LogP contribution >= 0.6 is 0 Å². The van der Waals surface area contributed by atoms with Gasteiger partial charge in [0.25, 0.3) is 0 Å². The molecule has 2 saturated heterocycles. The third-order valence-electron chi connectivity index (χ3n) is 12.3. The van der Waals surface area contributed by atoms with Gasteiger partial charge in [0.1, 0.15) is 23.7 Å². The first kappa shape index (κ1) is 43.6. The number of likely N-dealkylation sites (N-methyl/N-ethyl adjacent to an activating group) is 1. The number of cyclic esters (lactones) is 1. The van der Waals surface area contributed by atoms with E-state index in [1.807, 2.05) is 103 Å². The fraction of sp³-hybridized carbons (Fsp3) is 0.659. The van der Waals surface area contributed by atoms with E-state index in [1.165, 1.54) is 0 Å². The summed E-state index contributed by atoms with van der Waals surface area (Å²) in [6, 6.07) is 13.0. The van der Waals surface area contributed by atoms with Crippen LogP contribution in [0.2, 0.25) is 0 Å². The maximum Gasteiger partial charge on any atom is 0.410 e. The van der Waals surface area contributed by atoms with Crippen molar-refractivity contribution in [3.8, 4) is 5.75 Å². The molecule has 12 atom stereocenters. The SMILES string of the molecule is CC[C@H]1OC(=O)/C(C)=C/[C@H](C)[C@@H](O[C@@H]2O[C@H](C)C[C@H](N(C)C)[C@H]2O)[C@](C)(OC)C[C@@H](C)C(=O)[C@H](C)[C@H]2N(CCCOc3ccc4ccccc4c3)C(=O)O[C@]12C. The Morgan fingerprint density at radius 1 is 1.02 bits per heavy atom. The van der Waals surface area contributed by atoms with Gasteiger partial charge in [0.05, 0.1) is 30.5 Å². The number of hydrogen-bond donors (Lipinski definition) is 1. The zero-order chi connectivity index (χ0) is 41.1. The minimum Gasteiger partial charge on any atom is -0.494 e. The van der Waals surface area contributed by atoms with Crippen molar-refractivity contribution >= 4 is 28.6 Å². The van der Waals surface area contributed by atoms with Crippen LogP contribution in [0, 0.1) is 17.8 Å². The molecular formula is C44H64N2O10. The fourth-order valence-corrected chi connectivity index (χ4v) is 9.29. The fourth-order valence-electron chi connectivity index (χ4n) is 9.29. The summed E-state index contributed by atoms with van der Waals surface area (Å²) < 4.78 is 37.6. The van der Waals surface area contributed by atoms with E-state index >= 15 is 0 Å². The Kier molecular flexibility index (Phi) is 14.0. The van der Waals surface area contributed by atoms with E-state index in [9.17, 15) is 19.5 Å². The van der Waals surface area contributed by atoms with E-state index in [1.54, 1.807) is 31.9 Å². The number of carbonyl (C=O) groups excluding carboxylic acids is 3. The molecule has 12 nitrogen and oxygen atoms in total. The van der Waals surface area contributed by atoms with Crippen molar-refractivity contribution in [2.24, 2.45) is 17.8 Å². The van der Waals surface area contributed by atoms with Gasteiger partial charge in [0.15, 0.2) is 11.9 Å². The Morgan fingerprint density at radius 3 is 2.38 bits per heavy atom. The van der Waals surface area contributed by atoms with Gasteiger partial charge in [-0.3, -0.25) is 4.79 Å². The molecule has 0 radical (unpaired) electrons. The number of rotatable bonds is 10. The number of methoxy groups -OCH3 is 1. The maximum atomic E-state index is 14.7. The van der Waals surface area contributed by atoms with Gasteiger partial charge >= 0.3 is 12.1 Å². The Balaban J connectivity index is 1.44. The molecule has 56 heavy (non-hydrogen) atoms. The highest BCUT2D eigenvalue weighted by Gasteiger charge is 2.60. The van der Waals surface area contributed by atoms with Crippen LogP contribution in [0.1, 0.15) is 81.1 Å². The molecule has 0 aliphatic carbocycles. The lowest BCUT2D eigenvalue weighted by Crippen LogP contribution is -2.59. The number of aliphatic hydroxyl groups excluding tert-OH is 1. The average molecular weight is 781 g/mol. The molecule has 0 unspecified atom stereocenters. The highest BCUT2D eigenvalue weighted by Crippen LogP contribution is 2.43. The molecule has 3 aliphatic rings. The molecule has 3 heterocycles. The number of ketones is 1. The second-order valence-corrected chi connectivity index (χ2v) is 16.9. The summed E-state index contributed by atoms with van der Waals surface area (Å²) in [5.74, 6) is -1.64. The predicted octanol–water partition coefficient (Wildman–Crippen LogP) is 6.55. The minimum absolute atomic E-state index is 0.0909.